The zero-order chi connectivity index (χ0) is 28.8. The lowest BCUT2D eigenvalue weighted by Gasteiger charge is -2.42. The van der Waals surface area contributed by atoms with Crippen molar-refractivity contribution in [2.24, 2.45) is 5.92 Å². The smallest absolute Gasteiger partial charge is 0.383 e. The second-order valence-electron chi connectivity index (χ2n) is 10.2. The zero-order valence-corrected chi connectivity index (χ0v) is 21.2. The number of pyridine rings is 1. The largest absolute Gasteiger partial charge is 0.417 e. The van der Waals surface area contributed by atoms with Gasteiger partial charge >= 0.3 is 12.4 Å². The molecule has 4 heterocycles. The molecule has 39 heavy (non-hydrogen) atoms. The topological polar surface area (TPSA) is 119 Å². The Morgan fingerprint density at radius 1 is 1.31 bits per heavy atom. The van der Waals surface area contributed by atoms with Crippen LogP contribution in [0.5, 0.6) is 0 Å². The van der Waals surface area contributed by atoms with Crippen LogP contribution in [0, 0.1) is 5.92 Å². The molecular weight excluding hydrogens is 538 g/mol. The fourth-order valence-corrected chi connectivity index (χ4v) is 5.29. The van der Waals surface area contributed by atoms with E-state index in [1.165, 1.54) is 11.8 Å². The van der Waals surface area contributed by atoms with Crippen molar-refractivity contribution >= 4 is 17.6 Å². The van der Waals surface area contributed by atoms with Gasteiger partial charge in [0, 0.05) is 50.0 Å². The maximum Gasteiger partial charge on any atom is 0.417 e. The number of piperazine rings is 1. The molecule has 1 aromatic heterocycles. The number of nitrogens with zero attached hydrogens (tertiary/aromatic N) is 3. The van der Waals surface area contributed by atoms with Crippen LogP contribution in [0.1, 0.15) is 31.4 Å². The van der Waals surface area contributed by atoms with Gasteiger partial charge in [-0.3, -0.25) is 15.0 Å². The Bertz CT molecular complexity index is 1080. The number of carbonyl (C=O) groups is 2. The molecule has 1 aromatic rings. The van der Waals surface area contributed by atoms with E-state index < -0.39 is 53.5 Å². The van der Waals surface area contributed by atoms with Crippen molar-refractivity contribution < 1.29 is 45.8 Å². The highest BCUT2D eigenvalue weighted by atomic mass is 19.4. The van der Waals surface area contributed by atoms with Crippen LogP contribution in [0.4, 0.5) is 32.2 Å². The molecule has 0 aliphatic carbocycles. The monoisotopic (exact) mass is 568 g/mol. The number of hydrogen-bond acceptors (Lipinski definition) is 8. The lowest BCUT2D eigenvalue weighted by atomic mass is 9.90. The summed E-state index contributed by atoms with van der Waals surface area (Å²) in [5.41, 5.74) is 1.82. The number of anilines is 1. The fourth-order valence-electron chi connectivity index (χ4n) is 5.29. The van der Waals surface area contributed by atoms with E-state index in [-0.39, 0.29) is 63.1 Å². The molecule has 0 saturated carbocycles. The summed E-state index contributed by atoms with van der Waals surface area (Å²) in [6.07, 6.45) is -8.64. The van der Waals surface area contributed by atoms with Gasteiger partial charge in [0.2, 0.25) is 11.8 Å². The highest BCUT2D eigenvalue weighted by Gasteiger charge is 2.52. The van der Waals surface area contributed by atoms with Gasteiger partial charge in [-0.15, -0.1) is 0 Å². The molecule has 0 radical (unpaired) electrons. The molecule has 10 nitrogen and oxygen atoms in total. The van der Waals surface area contributed by atoms with Crippen LogP contribution >= 0.6 is 0 Å². The average molecular weight is 569 g/mol. The molecule has 2 fully saturated rings. The first kappa shape index (κ1) is 29.3. The van der Waals surface area contributed by atoms with Crippen molar-refractivity contribution in [3.05, 3.63) is 23.4 Å². The number of hydrogen-bond donors (Lipinski definition) is 4. The lowest BCUT2D eigenvalue weighted by Crippen LogP contribution is -2.64. The zero-order valence-electron chi connectivity index (χ0n) is 21.2. The number of rotatable bonds is 7. The van der Waals surface area contributed by atoms with E-state index in [2.05, 4.69) is 15.7 Å². The lowest BCUT2D eigenvalue weighted by molar-refractivity contribution is -0.193. The third-order valence-corrected chi connectivity index (χ3v) is 7.29. The Labute approximate surface area is 220 Å². The summed E-state index contributed by atoms with van der Waals surface area (Å²) in [5.74, 6) is -3.42. The molecule has 4 N–H and O–H groups in total. The predicted octanol–water partition coefficient (Wildman–Crippen LogP) is 0.905. The second kappa shape index (κ2) is 10.7. The maximum absolute atomic E-state index is 13.3. The SMILES string of the molecule is C[C@@H](COCCC(=O)N1CCN2c3ncc(C(F)(F)F)cc3[C@](C)(O)[C@H]2C1)NC1CNNC(=O)C1C(F)(F)F. The molecule has 0 spiro atoms. The van der Waals surface area contributed by atoms with E-state index in [0.29, 0.717) is 0 Å². The van der Waals surface area contributed by atoms with E-state index in [4.69, 9.17) is 4.74 Å². The van der Waals surface area contributed by atoms with E-state index in [1.54, 1.807) is 11.8 Å². The molecule has 3 aliphatic rings. The molecule has 218 valence electrons. The molecule has 2 saturated heterocycles. The predicted molar refractivity (Wildman–Crippen MR) is 124 cm³/mol. The highest BCUT2D eigenvalue weighted by Crippen LogP contribution is 2.45. The molecule has 0 aromatic carbocycles. The summed E-state index contributed by atoms with van der Waals surface area (Å²) >= 11 is 0. The second-order valence-corrected chi connectivity index (χ2v) is 10.2. The highest BCUT2D eigenvalue weighted by molar-refractivity contribution is 5.80. The van der Waals surface area contributed by atoms with Crippen LogP contribution in [0.2, 0.25) is 0 Å². The van der Waals surface area contributed by atoms with Gasteiger partial charge in [0.1, 0.15) is 11.4 Å². The number of halogens is 6. The molecule has 3 aliphatic heterocycles. The number of aromatic nitrogens is 1. The van der Waals surface area contributed by atoms with E-state index in [0.717, 1.165) is 12.3 Å². The van der Waals surface area contributed by atoms with Crippen LogP contribution in [0.25, 0.3) is 0 Å². The van der Waals surface area contributed by atoms with Gasteiger partial charge in [-0.05, 0) is 19.9 Å². The van der Waals surface area contributed by atoms with Gasteiger partial charge in [-0.25, -0.2) is 10.4 Å². The van der Waals surface area contributed by atoms with Gasteiger partial charge in [0.15, 0.2) is 5.92 Å². The minimum Gasteiger partial charge on any atom is -0.383 e. The Hall–Kier alpha value is -2.69. The number of amides is 2. The fraction of sp³-hybridized carbons (Fsp3) is 0.696. The summed E-state index contributed by atoms with van der Waals surface area (Å²) < 4.78 is 84.8. The number of carbonyl (C=O) groups excluding carboxylic acids is 2. The average Bonchev–Trinajstić information content (AvgIpc) is 3.06. The van der Waals surface area contributed by atoms with Gasteiger partial charge in [0.25, 0.3) is 0 Å². The Kier molecular flexibility index (Phi) is 8.04. The first-order valence-corrected chi connectivity index (χ1v) is 12.4. The number of aliphatic hydroxyl groups is 1. The third kappa shape index (κ3) is 6.07. The standard InChI is InChI=1S/C23H30F6N6O4/c1-12(32-15-9-31-33-20(37)18(15)23(27,28)29)11-39-6-3-17(36)34-4-5-35-16(10-34)21(2,38)14-7-13(22(24,25)26)8-30-19(14)35/h7-8,12,15-16,18,31-32,38H,3-6,9-11H2,1-2H3,(H,33,37)/t12-,15?,16+,18?,21-/m0/s1. The molecular formula is C23H30F6N6O4. The molecule has 0 bridgehead atoms. The van der Waals surface area contributed by atoms with Crippen molar-refractivity contribution in [1.29, 1.82) is 0 Å². The number of nitrogens with one attached hydrogen (secondary N) is 3. The number of alkyl halides is 6. The maximum atomic E-state index is 13.3. The van der Waals surface area contributed by atoms with Crippen LogP contribution in [0.3, 0.4) is 0 Å². The van der Waals surface area contributed by atoms with Crippen molar-refractivity contribution in [2.75, 3.05) is 44.3 Å². The minimum atomic E-state index is -4.72. The van der Waals surface area contributed by atoms with Crippen LogP contribution in [0.15, 0.2) is 12.3 Å². The number of hydrazine groups is 1. The van der Waals surface area contributed by atoms with E-state index >= 15 is 0 Å². The summed E-state index contributed by atoms with van der Waals surface area (Å²) in [5, 5.41) is 13.8. The number of fused-ring (bicyclic) bond motifs is 3. The van der Waals surface area contributed by atoms with E-state index in [1.807, 2.05) is 5.43 Å². The van der Waals surface area contributed by atoms with Crippen molar-refractivity contribution in [3.63, 3.8) is 0 Å². The minimum absolute atomic E-state index is 0.0103. The first-order chi connectivity index (χ1) is 18.1. The normalized spacial score (nSPS) is 28.1. The summed E-state index contributed by atoms with van der Waals surface area (Å²) in [4.78, 5) is 31.6. The summed E-state index contributed by atoms with van der Waals surface area (Å²) in [6.45, 7) is 3.43. The van der Waals surface area contributed by atoms with Crippen LogP contribution in [-0.2, 0) is 26.1 Å². The number of ether oxygens (including phenoxy) is 1. The molecule has 2 unspecified atom stereocenters. The Morgan fingerprint density at radius 3 is 2.69 bits per heavy atom. The molecule has 4 rings (SSSR count). The van der Waals surface area contributed by atoms with Gasteiger partial charge in [0.05, 0.1) is 31.2 Å². The van der Waals surface area contributed by atoms with Crippen molar-refractivity contribution in [2.45, 2.75) is 56.3 Å². The van der Waals surface area contributed by atoms with E-state index in [9.17, 15) is 41.0 Å². The van der Waals surface area contributed by atoms with Gasteiger partial charge < -0.3 is 25.0 Å². The van der Waals surface area contributed by atoms with Crippen molar-refractivity contribution in [1.82, 2.24) is 26.1 Å². The summed E-state index contributed by atoms with van der Waals surface area (Å²) in [6, 6.07) is -1.54. The Balaban J connectivity index is 1.26. The van der Waals surface area contributed by atoms with Gasteiger partial charge in [-0.1, -0.05) is 0 Å². The molecule has 16 heteroatoms. The first-order valence-electron chi connectivity index (χ1n) is 12.4. The Morgan fingerprint density at radius 2 is 2.03 bits per heavy atom. The summed E-state index contributed by atoms with van der Waals surface area (Å²) in [7, 11) is 0. The quantitative estimate of drug-likeness (QED) is 0.283. The van der Waals surface area contributed by atoms with Gasteiger partial charge in [-0.2, -0.15) is 26.3 Å². The van der Waals surface area contributed by atoms with Crippen LogP contribution in [-0.4, -0.2) is 90.5 Å². The third-order valence-electron chi connectivity index (χ3n) is 7.29. The van der Waals surface area contributed by atoms with Crippen molar-refractivity contribution in [3.8, 4) is 0 Å². The molecule has 5 atom stereocenters. The van der Waals surface area contributed by atoms with Crippen LogP contribution < -0.4 is 21.1 Å². The molecule has 2 amide bonds.